The number of benzene rings is 1. The van der Waals surface area contributed by atoms with Crippen LogP contribution in [0.2, 0.25) is 0 Å². The van der Waals surface area contributed by atoms with E-state index in [1.807, 2.05) is 6.92 Å². The number of rotatable bonds is 5. The van der Waals surface area contributed by atoms with E-state index >= 15 is 0 Å². The Bertz CT molecular complexity index is 458. The molecule has 0 aliphatic rings. The molecule has 1 rings (SSSR count). The minimum Gasteiger partial charge on any atom is -0.345 e. The number of nitrogens with one attached hydrogen (secondary N) is 1. The molecule has 0 fully saturated rings. The normalized spacial score (nSPS) is 11.8. The molecule has 0 heterocycles. The van der Waals surface area contributed by atoms with E-state index in [2.05, 4.69) is 5.32 Å². The zero-order valence-corrected chi connectivity index (χ0v) is 11.6. The van der Waals surface area contributed by atoms with Gasteiger partial charge in [-0.1, -0.05) is 13.0 Å². The second-order valence-electron chi connectivity index (χ2n) is 4.87. The van der Waals surface area contributed by atoms with E-state index in [0.717, 1.165) is 0 Å². The van der Waals surface area contributed by atoms with Crippen LogP contribution in [0.25, 0.3) is 0 Å². The molecule has 5 heteroatoms. The van der Waals surface area contributed by atoms with Gasteiger partial charge in [-0.2, -0.15) is 0 Å². The van der Waals surface area contributed by atoms with Gasteiger partial charge in [0.2, 0.25) is 5.91 Å². The van der Waals surface area contributed by atoms with Crippen molar-refractivity contribution in [3.05, 3.63) is 29.8 Å². The van der Waals surface area contributed by atoms with Crippen LogP contribution >= 0.6 is 0 Å². The van der Waals surface area contributed by atoms with Crippen molar-refractivity contribution in [1.29, 1.82) is 0 Å². The molecule has 0 aliphatic heterocycles. The number of hydrogen-bond acceptors (Lipinski definition) is 3. The molecule has 104 valence electrons. The van der Waals surface area contributed by atoms with Crippen LogP contribution in [-0.2, 0) is 4.79 Å². The summed E-state index contributed by atoms with van der Waals surface area (Å²) in [5.41, 5.74) is 6.66. The van der Waals surface area contributed by atoms with Gasteiger partial charge in [0.05, 0.1) is 0 Å². The molecule has 0 saturated carbocycles. The number of amides is 2. The van der Waals surface area contributed by atoms with Gasteiger partial charge in [0.1, 0.15) is 0 Å². The van der Waals surface area contributed by atoms with Crippen LogP contribution in [-0.4, -0.2) is 37.4 Å². The first-order chi connectivity index (χ1) is 8.93. The van der Waals surface area contributed by atoms with Gasteiger partial charge in [0.15, 0.2) is 0 Å². The van der Waals surface area contributed by atoms with Gasteiger partial charge in [-0.05, 0) is 30.7 Å². The zero-order chi connectivity index (χ0) is 14.4. The van der Waals surface area contributed by atoms with E-state index in [0.29, 0.717) is 24.2 Å². The molecule has 0 spiro atoms. The molecular formula is C14H21N3O2. The standard InChI is InChI=1S/C14H21N3O2/c1-10(9-15)7-13(18)16-12-6-4-5-11(8-12)14(19)17(2)3/h4-6,8,10H,7,9,15H2,1-3H3,(H,16,18). The number of anilines is 1. The quantitative estimate of drug-likeness (QED) is 0.841. The SMILES string of the molecule is CC(CN)CC(=O)Nc1cccc(C(=O)N(C)C)c1. The largest absolute Gasteiger partial charge is 0.345 e. The lowest BCUT2D eigenvalue weighted by Gasteiger charge is -2.12. The Balaban J connectivity index is 2.72. The molecule has 0 radical (unpaired) electrons. The van der Waals surface area contributed by atoms with Crippen molar-refractivity contribution in [2.75, 3.05) is 26.0 Å². The third kappa shape index (κ3) is 4.71. The average Bonchev–Trinajstić information content (AvgIpc) is 2.37. The first-order valence-electron chi connectivity index (χ1n) is 6.25. The number of nitrogens with zero attached hydrogens (tertiary/aromatic N) is 1. The first kappa shape index (κ1) is 15.2. The Hall–Kier alpha value is -1.88. The van der Waals surface area contributed by atoms with Crippen LogP contribution < -0.4 is 11.1 Å². The average molecular weight is 263 g/mol. The highest BCUT2D eigenvalue weighted by molar-refractivity contribution is 5.97. The smallest absolute Gasteiger partial charge is 0.253 e. The maximum atomic E-state index is 11.8. The lowest BCUT2D eigenvalue weighted by molar-refractivity contribution is -0.116. The maximum absolute atomic E-state index is 11.8. The summed E-state index contributed by atoms with van der Waals surface area (Å²) in [6.07, 6.45) is 0.377. The Morgan fingerprint density at radius 2 is 2.05 bits per heavy atom. The number of nitrogens with two attached hydrogens (primary N) is 1. The topological polar surface area (TPSA) is 75.4 Å². The molecule has 19 heavy (non-hydrogen) atoms. The van der Waals surface area contributed by atoms with E-state index in [1.54, 1.807) is 38.4 Å². The van der Waals surface area contributed by atoms with Gasteiger partial charge in [-0.15, -0.1) is 0 Å². The van der Waals surface area contributed by atoms with Crippen molar-refractivity contribution in [1.82, 2.24) is 4.90 Å². The van der Waals surface area contributed by atoms with Crippen molar-refractivity contribution < 1.29 is 9.59 Å². The van der Waals surface area contributed by atoms with Gasteiger partial charge >= 0.3 is 0 Å². The highest BCUT2D eigenvalue weighted by Crippen LogP contribution is 2.13. The van der Waals surface area contributed by atoms with Gasteiger partial charge in [-0.3, -0.25) is 9.59 Å². The highest BCUT2D eigenvalue weighted by Gasteiger charge is 2.11. The minimum absolute atomic E-state index is 0.0904. The minimum atomic E-state index is -0.0913. The maximum Gasteiger partial charge on any atom is 0.253 e. The number of carbonyl (C=O) groups excluding carboxylic acids is 2. The summed E-state index contributed by atoms with van der Waals surface area (Å²) in [7, 11) is 3.38. The molecule has 5 nitrogen and oxygen atoms in total. The Labute approximate surface area is 113 Å². The van der Waals surface area contributed by atoms with Crippen molar-refractivity contribution in [2.45, 2.75) is 13.3 Å². The predicted octanol–water partition coefficient (Wildman–Crippen LogP) is 1.31. The van der Waals surface area contributed by atoms with E-state index in [-0.39, 0.29) is 17.7 Å². The molecule has 0 aliphatic carbocycles. The lowest BCUT2D eigenvalue weighted by atomic mass is 10.1. The molecule has 1 atom stereocenters. The van der Waals surface area contributed by atoms with E-state index < -0.39 is 0 Å². The second-order valence-corrected chi connectivity index (χ2v) is 4.87. The second kappa shape index (κ2) is 6.89. The molecule has 1 aromatic carbocycles. The first-order valence-corrected chi connectivity index (χ1v) is 6.25. The van der Waals surface area contributed by atoms with Crippen LogP contribution in [0.3, 0.4) is 0 Å². The molecule has 2 amide bonds. The summed E-state index contributed by atoms with van der Waals surface area (Å²) in [5.74, 6) is -0.0367. The van der Waals surface area contributed by atoms with E-state index in [4.69, 9.17) is 5.73 Å². The number of hydrogen-bond donors (Lipinski definition) is 2. The van der Waals surface area contributed by atoms with Crippen LogP contribution in [0.1, 0.15) is 23.7 Å². The fourth-order valence-corrected chi connectivity index (χ4v) is 1.60. The van der Waals surface area contributed by atoms with Gasteiger partial charge in [0, 0.05) is 31.8 Å². The van der Waals surface area contributed by atoms with E-state index in [1.165, 1.54) is 4.90 Å². The molecule has 3 N–H and O–H groups in total. The van der Waals surface area contributed by atoms with Crippen molar-refractivity contribution in [3.8, 4) is 0 Å². The fourth-order valence-electron chi connectivity index (χ4n) is 1.60. The van der Waals surface area contributed by atoms with Crippen LogP contribution in [0.5, 0.6) is 0 Å². The predicted molar refractivity (Wildman–Crippen MR) is 75.9 cm³/mol. The van der Waals surface area contributed by atoms with Crippen molar-refractivity contribution >= 4 is 17.5 Å². The van der Waals surface area contributed by atoms with Gasteiger partial charge < -0.3 is 16.0 Å². The fraction of sp³-hybridized carbons (Fsp3) is 0.429. The Morgan fingerprint density at radius 3 is 2.63 bits per heavy atom. The van der Waals surface area contributed by atoms with Crippen LogP contribution in [0, 0.1) is 5.92 Å². The van der Waals surface area contributed by atoms with Gasteiger partial charge in [0.25, 0.3) is 5.91 Å². The van der Waals surface area contributed by atoms with Crippen LogP contribution in [0.4, 0.5) is 5.69 Å². The summed E-state index contributed by atoms with van der Waals surface area (Å²) < 4.78 is 0. The van der Waals surface area contributed by atoms with Crippen LogP contribution in [0.15, 0.2) is 24.3 Å². The summed E-state index contributed by atoms with van der Waals surface area (Å²) in [5, 5.41) is 2.78. The lowest BCUT2D eigenvalue weighted by Crippen LogP contribution is -2.22. The molecule has 0 aromatic heterocycles. The Kier molecular flexibility index (Phi) is 5.51. The summed E-state index contributed by atoms with van der Waals surface area (Å²) in [6.45, 7) is 2.40. The zero-order valence-electron chi connectivity index (χ0n) is 11.6. The summed E-state index contributed by atoms with van der Waals surface area (Å²) in [4.78, 5) is 25.0. The number of carbonyl (C=O) groups is 2. The molecular weight excluding hydrogens is 242 g/mol. The van der Waals surface area contributed by atoms with Crippen molar-refractivity contribution in [3.63, 3.8) is 0 Å². The molecule has 1 unspecified atom stereocenters. The third-order valence-electron chi connectivity index (χ3n) is 2.74. The van der Waals surface area contributed by atoms with Crippen molar-refractivity contribution in [2.24, 2.45) is 11.7 Å². The monoisotopic (exact) mass is 263 g/mol. The Morgan fingerprint density at radius 1 is 1.37 bits per heavy atom. The third-order valence-corrected chi connectivity index (χ3v) is 2.74. The molecule has 0 bridgehead atoms. The van der Waals surface area contributed by atoms with E-state index in [9.17, 15) is 9.59 Å². The summed E-state index contributed by atoms with van der Waals surface area (Å²) >= 11 is 0. The summed E-state index contributed by atoms with van der Waals surface area (Å²) in [6, 6.07) is 6.91. The van der Waals surface area contributed by atoms with Gasteiger partial charge in [-0.25, -0.2) is 0 Å². The highest BCUT2D eigenvalue weighted by atomic mass is 16.2. The molecule has 0 saturated heterocycles. The molecule has 1 aromatic rings.